The van der Waals surface area contributed by atoms with Crippen molar-refractivity contribution in [1.29, 1.82) is 0 Å². The van der Waals surface area contributed by atoms with E-state index in [4.69, 9.17) is 11.6 Å². The first kappa shape index (κ1) is 14.3. The molecule has 110 valence electrons. The highest BCUT2D eigenvalue weighted by molar-refractivity contribution is 6.31. The van der Waals surface area contributed by atoms with Crippen LogP contribution < -0.4 is 5.32 Å². The van der Waals surface area contributed by atoms with Gasteiger partial charge in [-0.1, -0.05) is 30.5 Å². The molecule has 1 saturated heterocycles. The second kappa shape index (κ2) is 5.63. The Balaban J connectivity index is 1.82. The van der Waals surface area contributed by atoms with E-state index in [0.29, 0.717) is 11.1 Å². The van der Waals surface area contributed by atoms with Crippen LogP contribution in [0.5, 0.6) is 0 Å². The minimum atomic E-state index is -0.261. The van der Waals surface area contributed by atoms with E-state index < -0.39 is 0 Å². The number of nitrogens with zero attached hydrogens (tertiary/aromatic N) is 1. The first-order valence-corrected chi connectivity index (χ1v) is 7.89. The van der Waals surface area contributed by atoms with Crippen molar-refractivity contribution in [1.82, 2.24) is 10.2 Å². The van der Waals surface area contributed by atoms with Gasteiger partial charge in [-0.25, -0.2) is 4.39 Å². The van der Waals surface area contributed by atoms with Gasteiger partial charge in [-0.05, 0) is 37.5 Å². The molecule has 4 heteroatoms. The average molecular weight is 297 g/mol. The lowest BCUT2D eigenvalue weighted by molar-refractivity contribution is 0.0393. The lowest BCUT2D eigenvalue weighted by Crippen LogP contribution is -2.62. The van der Waals surface area contributed by atoms with Crippen molar-refractivity contribution >= 4 is 11.6 Å². The number of nitrogens with one attached hydrogen (secondary N) is 1. The summed E-state index contributed by atoms with van der Waals surface area (Å²) in [6, 6.07) is 5.26. The summed E-state index contributed by atoms with van der Waals surface area (Å²) in [4.78, 5) is 2.57. The van der Waals surface area contributed by atoms with Crippen LogP contribution in [0.15, 0.2) is 18.2 Å². The Hall–Kier alpha value is -0.640. The summed E-state index contributed by atoms with van der Waals surface area (Å²) >= 11 is 6.20. The molecule has 1 aliphatic heterocycles. The quantitative estimate of drug-likeness (QED) is 0.897. The fourth-order valence-electron chi connectivity index (χ4n) is 3.68. The first-order valence-electron chi connectivity index (χ1n) is 7.51. The summed E-state index contributed by atoms with van der Waals surface area (Å²) in [5, 5.41) is 4.17. The predicted molar refractivity (Wildman–Crippen MR) is 80.5 cm³/mol. The van der Waals surface area contributed by atoms with Crippen molar-refractivity contribution in [2.75, 3.05) is 13.1 Å². The molecular weight excluding hydrogens is 275 g/mol. The highest BCUT2D eigenvalue weighted by atomic mass is 35.5. The lowest BCUT2D eigenvalue weighted by Gasteiger charge is -2.48. The van der Waals surface area contributed by atoms with Crippen molar-refractivity contribution in [2.24, 2.45) is 0 Å². The van der Waals surface area contributed by atoms with Gasteiger partial charge in [0.15, 0.2) is 0 Å². The zero-order valence-corrected chi connectivity index (χ0v) is 12.7. The monoisotopic (exact) mass is 296 g/mol. The number of hydrogen-bond donors (Lipinski definition) is 1. The second-order valence-corrected chi connectivity index (χ2v) is 6.74. The molecule has 2 nitrogen and oxygen atoms in total. The van der Waals surface area contributed by atoms with Crippen LogP contribution in [0, 0.1) is 5.82 Å². The van der Waals surface area contributed by atoms with Crippen molar-refractivity contribution in [3.8, 4) is 0 Å². The zero-order valence-electron chi connectivity index (χ0n) is 12.0. The first-order chi connectivity index (χ1) is 9.59. The van der Waals surface area contributed by atoms with Crippen LogP contribution in [0.4, 0.5) is 4.39 Å². The molecule has 1 saturated carbocycles. The molecule has 1 heterocycles. The molecule has 2 aliphatic rings. The Morgan fingerprint density at radius 3 is 2.85 bits per heavy atom. The predicted octanol–water partition coefficient (Wildman–Crippen LogP) is 3.59. The molecule has 1 atom stereocenters. The maximum atomic E-state index is 13.2. The Bertz CT molecular complexity index is 485. The zero-order chi connectivity index (χ0) is 14.2. The van der Waals surface area contributed by atoms with Crippen molar-refractivity contribution in [3.63, 3.8) is 0 Å². The minimum Gasteiger partial charge on any atom is -0.311 e. The van der Waals surface area contributed by atoms with Crippen molar-refractivity contribution in [2.45, 2.75) is 50.7 Å². The molecule has 0 bridgehead atoms. The topological polar surface area (TPSA) is 15.3 Å². The van der Waals surface area contributed by atoms with Gasteiger partial charge in [-0.3, -0.25) is 4.90 Å². The van der Waals surface area contributed by atoms with E-state index in [1.807, 2.05) is 6.07 Å². The van der Waals surface area contributed by atoms with Gasteiger partial charge in [0, 0.05) is 36.2 Å². The molecule has 1 aliphatic carbocycles. The van der Waals surface area contributed by atoms with Gasteiger partial charge in [0.2, 0.25) is 0 Å². The number of benzene rings is 1. The molecule has 1 unspecified atom stereocenters. The largest absolute Gasteiger partial charge is 0.311 e. The van der Waals surface area contributed by atoms with Crippen LogP contribution >= 0.6 is 11.6 Å². The highest BCUT2D eigenvalue weighted by Gasteiger charge is 2.42. The van der Waals surface area contributed by atoms with Crippen LogP contribution in [0.2, 0.25) is 5.02 Å². The number of hydrogen-bond acceptors (Lipinski definition) is 2. The molecule has 1 N–H and O–H groups in total. The fraction of sp³-hybridized carbons (Fsp3) is 0.625. The van der Waals surface area contributed by atoms with Gasteiger partial charge in [-0.2, -0.15) is 0 Å². The van der Waals surface area contributed by atoms with Crippen LogP contribution in [-0.2, 0) is 6.54 Å². The molecule has 1 spiro atoms. The summed E-state index contributed by atoms with van der Waals surface area (Å²) < 4.78 is 13.2. The van der Waals surface area contributed by atoms with Gasteiger partial charge in [0.1, 0.15) is 5.82 Å². The molecular formula is C16H22ClFN2. The van der Waals surface area contributed by atoms with Crippen LogP contribution in [-0.4, -0.2) is 29.6 Å². The third-order valence-electron chi connectivity index (χ3n) is 4.86. The van der Waals surface area contributed by atoms with E-state index >= 15 is 0 Å². The molecule has 1 aromatic carbocycles. The molecule has 3 rings (SSSR count). The third-order valence-corrected chi connectivity index (χ3v) is 5.21. The Morgan fingerprint density at radius 2 is 2.15 bits per heavy atom. The Labute approximate surface area is 125 Å². The summed E-state index contributed by atoms with van der Waals surface area (Å²) in [6.07, 6.45) is 5.13. The van der Waals surface area contributed by atoms with Gasteiger partial charge in [-0.15, -0.1) is 0 Å². The third kappa shape index (κ3) is 2.72. The SMILES string of the molecule is CC1CN(Cc2ccc(F)cc2Cl)C2(CCCC2)CN1. The minimum absolute atomic E-state index is 0.261. The number of halogens is 2. The Morgan fingerprint density at radius 1 is 1.40 bits per heavy atom. The normalized spacial score (nSPS) is 26.2. The second-order valence-electron chi connectivity index (χ2n) is 6.33. The maximum absolute atomic E-state index is 13.2. The van der Waals surface area contributed by atoms with Gasteiger partial charge >= 0.3 is 0 Å². The van der Waals surface area contributed by atoms with E-state index in [1.54, 1.807) is 0 Å². The van der Waals surface area contributed by atoms with Gasteiger partial charge in [0.05, 0.1) is 0 Å². The van der Waals surface area contributed by atoms with Crippen LogP contribution in [0.25, 0.3) is 0 Å². The standard InChI is InChI=1S/C16H22ClFN2/c1-12-9-20(16(11-19-12)6-2-3-7-16)10-13-4-5-14(18)8-15(13)17/h4-5,8,12,19H,2-3,6-7,9-11H2,1H3. The summed E-state index contributed by atoms with van der Waals surface area (Å²) in [7, 11) is 0. The van der Waals surface area contributed by atoms with Crippen LogP contribution in [0.3, 0.4) is 0 Å². The highest BCUT2D eigenvalue weighted by Crippen LogP contribution is 2.38. The smallest absolute Gasteiger partial charge is 0.124 e. The maximum Gasteiger partial charge on any atom is 0.124 e. The molecule has 0 amide bonds. The van der Waals surface area contributed by atoms with Crippen LogP contribution in [0.1, 0.15) is 38.2 Å². The van der Waals surface area contributed by atoms with E-state index in [2.05, 4.69) is 17.1 Å². The molecule has 1 aromatic rings. The number of piperazine rings is 1. The average Bonchev–Trinajstić information content (AvgIpc) is 2.87. The summed E-state index contributed by atoms with van der Waals surface area (Å²) in [5.74, 6) is -0.261. The van der Waals surface area contributed by atoms with Gasteiger partial charge in [0.25, 0.3) is 0 Å². The Kier molecular flexibility index (Phi) is 4.02. The lowest BCUT2D eigenvalue weighted by atomic mass is 9.90. The van der Waals surface area contributed by atoms with E-state index in [1.165, 1.54) is 37.8 Å². The van der Waals surface area contributed by atoms with E-state index in [-0.39, 0.29) is 11.4 Å². The van der Waals surface area contributed by atoms with Crippen molar-refractivity contribution in [3.05, 3.63) is 34.6 Å². The van der Waals surface area contributed by atoms with E-state index in [0.717, 1.165) is 25.2 Å². The molecule has 2 fully saturated rings. The summed E-state index contributed by atoms with van der Waals surface area (Å²) in [6.45, 7) is 5.15. The molecule has 0 aromatic heterocycles. The fourth-order valence-corrected chi connectivity index (χ4v) is 3.91. The number of rotatable bonds is 2. The van der Waals surface area contributed by atoms with Gasteiger partial charge < -0.3 is 5.32 Å². The van der Waals surface area contributed by atoms with E-state index in [9.17, 15) is 4.39 Å². The molecule has 20 heavy (non-hydrogen) atoms. The van der Waals surface area contributed by atoms with Crippen molar-refractivity contribution < 1.29 is 4.39 Å². The molecule has 0 radical (unpaired) electrons. The summed E-state index contributed by atoms with van der Waals surface area (Å²) in [5.41, 5.74) is 1.32.